The molecule has 0 saturated heterocycles. The Morgan fingerprint density at radius 3 is 2.38 bits per heavy atom. The second-order valence-corrected chi connectivity index (χ2v) is 4.32. The van der Waals surface area contributed by atoms with Crippen molar-refractivity contribution in [3.63, 3.8) is 0 Å². The fourth-order valence-corrected chi connectivity index (χ4v) is 1.82. The number of halogens is 3. The molecule has 6 heteroatoms. The van der Waals surface area contributed by atoms with Crippen molar-refractivity contribution in [3.05, 3.63) is 0 Å². The summed E-state index contributed by atoms with van der Waals surface area (Å²) in [6.07, 6.45) is -2.98. The van der Waals surface area contributed by atoms with Crippen molar-refractivity contribution in [3.8, 4) is 0 Å². The van der Waals surface area contributed by atoms with Crippen LogP contribution in [0.25, 0.3) is 0 Å². The zero-order chi connectivity index (χ0) is 12.2. The Labute approximate surface area is 92.0 Å². The molecule has 94 valence electrons. The van der Waals surface area contributed by atoms with Crippen LogP contribution >= 0.6 is 0 Å². The van der Waals surface area contributed by atoms with Gasteiger partial charge in [-0.3, -0.25) is 4.79 Å². The predicted octanol–water partition coefficient (Wildman–Crippen LogP) is 1.75. The van der Waals surface area contributed by atoms with Gasteiger partial charge >= 0.3 is 6.18 Å². The van der Waals surface area contributed by atoms with Crippen LogP contribution in [-0.2, 0) is 4.79 Å². The maximum Gasteiger partial charge on any atom is 0.389 e. The Morgan fingerprint density at radius 1 is 1.31 bits per heavy atom. The van der Waals surface area contributed by atoms with E-state index in [1.165, 1.54) is 0 Å². The van der Waals surface area contributed by atoms with Gasteiger partial charge < -0.3 is 10.4 Å². The molecule has 0 bridgehead atoms. The molecule has 0 aromatic carbocycles. The summed E-state index contributed by atoms with van der Waals surface area (Å²) in [6, 6.07) is 0. The van der Waals surface area contributed by atoms with Crippen LogP contribution in [0.3, 0.4) is 0 Å². The fourth-order valence-electron chi connectivity index (χ4n) is 1.82. The van der Waals surface area contributed by atoms with E-state index in [2.05, 4.69) is 5.32 Å². The highest BCUT2D eigenvalue weighted by Gasteiger charge is 2.32. The van der Waals surface area contributed by atoms with Gasteiger partial charge in [0.15, 0.2) is 0 Å². The minimum atomic E-state index is -4.30. The standard InChI is InChI=1S/C10H16F3NO2/c11-10(12,13)6-3-8(15)14-7-9(16)4-1-2-5-9/h16H,1-7H2,(H,14,15). The Hall–Kier alpha value is -0.780. The molecular weight excluding hydrogens is 223 g/mol. The molecular formula is C10H16F3NO2. The summed E-state index contributed by atoms with van der Waals surface area (Å²) in [4.78, 5) is 11.1. The third-order valence-corrected chi connectivity index (χ3v) is 2.78. The molecule has 1 rings (SSSR count). The Kier molecular flexibility index (Phi) is 4.18. The normalized spacial score (nSPS) is 19.8. The maximum absolute atomic E-state index is 11.8. The summed E-state index contributed by atoms with van der Waals surface area (Å²) in [5.41, 5.74) is -0.909. The molecule has 16 heavy (non-hydrogen) atoms. The summed E-state index contributed by atoms with van der Waals surface area (Å²) in [6.45, 7) is 0.0592. The number of aliphatic hydroxyl groups is 1. The average molecular weight is 239 g/mol. The van der Waals surface area contributed by atoms with Crippen molar-refractivity contribution < 1.29 is 23.1 Å². The van der Waals surface area contributed by atoms with Crippen molar-refractivity contribution in [1.29, 1.82) is 0 Å². The summed E-state index contributed by atoms with van der Waals surface area (Å²) < 4.78 is 35.4. The Morgan fingerprint density at radius 2 is 1.88 bits per heavy atom. The highest BCUT2D eigenvalue weighted by atomic mass is 19.4. The van der Waals surface area contributed by atoms with Gasteiger partial charge in [0.25, 0.3) is 0 Å². The lowest BCUT2D eigenvalue weighted by molar-refractivity contribution is -0.144. The summed E-state index contributed by atoms with van der Waals surface area (Å²) >= 11 is 0. The van der Waals surface area contributed by atoms with E-state index in [-0.39, 0.29) is 6.54 Å². The first-order chi connectivity index (χ1) is 7.31. The first kappa shape index (κ1) is 13.3. The zero-order valence-electron chi connectivity index (χ0n) is 8.94. The van der Waals surface area contributed by atoms with Crippen LogP contribution in [0, 0.1) is 0 Å². The van der Waals surface area contributed by atoms with Crippen LogP contribution < -0.4 is 5.32 Å². The monoisotopic (exact) mass is 239 g/mol. The minimum absolute atomic E-state index is 0.0592. The Bertz CT molecular complexity index is 247. The van der Waals surface area contributed by atoms with Crippen molar-refractivity contribution in [2.75, 3.05) is 6.54 Å². The van der Waals surface area contributed by atoms with Gasteiger partial charge in [-0.05, 0) is 12.8 Å². The molecule has 1 aliphatic rings. The number of rotatable bonds is 4. The van der Waals surface area contributed by atoms with E-state index in [0.29, 0.717) is 12.8 Å². The van der Waals surface area contributed by atoms with Gasteiger partial charge in [-0.2, -0.15) is 13.2 Å². The number of carbonyl (C=O) groups excluding carboxylic acids is 1. The van der Waals surface area contributed by atoms with Gasteiger partial charge in [0.1, 0.15) is 0 Å². The van der Waals surface area contributed by atoms with Gasteiger partial charge in [-0.15, -0.1) is 0 Å². The lowest BCUT2D eigenvalue weighted by Crippen LogP contribution is -2.40. The van der Waals surface area contributed by atoms with Gasteiger partial charge in [-0.25, -0.2) is 0 Å². The van der Waals surface area contributed by atoms with E-state index < -0.39 is 30.5 Å². The predicted molar refractivity (Wildman–Crippen MR) is 51.7 cm³/mol. The second kappa shape index (κ2) is 5.03. The Balaban J connectivity index is 2.20. The number of nitrogens with one attached hydrogen (secondary N) is 1. The second-order valence-electron chi connectivity index (χ2n) is 4.32. The number of alkyl halides is 3. The summed E-state index contributed by atoms with van der Waals surface area (Å²) in [5.74, 6) is -0.655. The molecule has 0 heterocycles. The molecule has 0 unspecified atom stereocenters. The van der Waals surface area contributed by atoms with Crippen LogP contribution in [0.15, 0.2) is 0 Å². The van der Waals surface area contributed by atoms with Gasteiger partial charge in [0, 0.05) is 13.0 Å². The number of amides is 1. The molecule has 1 saturated carbocycles. The van der Waals surface area contributed by atoms with Crippen LogP contribution in [-0.4, -0.2) is 29.3 Å². The molecule has 0 aromatic heterocycles. The SMILES string of the molecule is O=C(CCC(F)(F)F)NCC1(O)CCCC1. The molecule has 0 spiro atoms. The molecule has 0 radical (unpaired) electrons. The molecule has 1 aliphatic carbocycles. The van der Waals surface area contributed by atoms with E-state index in [1.807, 2.05) is 0 Å². The molecule has 0 atom stereocenters. The third-order valence-electron chi connectivity index (χ3n) is 2.78. The van der Waals surface area contributed by atoms with Crippen LogP contribution in [0.2, 0.25) is 0 Å². The summed E-state index contributed by atoms with van der Waals surface area (Å²) in [5, 5.41) is 12.2. The van der Waals surface area contributed by atoms with E-state index in [1.54, 1.807) is 0 Å². The average Bonchev–Trinajstić information content (AvgIpc) is 2.59. The number of hydrogen-bond acceptors (Lipinski definition) is 2. The van der Waals surface area contributed by atoms with E-state index in [0.717, 1.165) is 12.8 Å². The number of hydrogen-bond donors (Lipinski definition) is 2. The van der Waals surface area contributed by atoms with E-state index >= 15 is 0 Å². The molecule has 0 aliphatic heterocycles. The maximum atomic E-state index is 11.8. The highest BCUT2D eigenvalue weighted by Crippen LogP contribution is 2.28. The van der Waals surface area contributed by atoms with Gasteiger partial charge in [0.05, 0.1) is 12.0 Å². The summed E-state index contributed by atoms with van der Waals surface area (Å²) in [7, 11) is 0. The topological polar surface area (TPSA) is 49.3 Å². The van der Waals surface area contributed by atoms with Crippen molar-refractivity contribution in [2.45, 2.75) is 50.3 Å². The molecule has 1 amide bonds. The lowest BCUT2D eigenvalue weighted by atomic mass is 10.0. The smallest absolute Gasteiger partial charge is 0.388 e. The molecule has 1 fully saturated rings. The van der Waals surface area contributed by atoms with Crippen molar-refractivity contribution in [2.24, 2.45) is 0 Å². The number of carbonyl (C=O) groups is 1. The van der Waals surface area contributed by atoms with Crippen LogP contribution in [0.1, 0.15) is 38.5 Å². The minimum Gasteiger partial charge on any atom is -0.388 e. The van der Waals surface area contributed by atoms with Crippen molar-refractivity contribution in [1.82, 2.24) is 5.32 Å². The van der Waals surface area contributed by atoms with Crippen molar-refractivity contribution >= 4 is 5.91 Å². The van der Waals surface area contributed by atoms with E-state index in [9.17, 15) is 23.1 Å². The first-order valence-electron chi connectivity index (χ1n) is 5.37. The van der Waals surface area contributed by atoms with Gasteiger partial charge in [-0.1, -0.05) is 12.8 Å². The fraction of sp³-hybridized carbons (Fsp3) is 0.900. The zero-order valence-corrected chi connectivity index (χ0v) is 8.94. The molecule has 3 nitrogen and oxygen atoms in total. The first-order valence-corrected chi connectivity index (χ1v) is 5.37. The molecule has 2 N–H and O–H groups in total. The molecule has 0 aromatic rings. The largest absolute Gasteiger partial charge is 0.389 e. The third kappa shape index (κ3) is 4.83. The van der Waals surface area contributed by atoms with Gasteiger partial charge in [0.2, 0.25) is 5.91 Å². The lowest BCUT2D eigenvalue weighted by Gasteiger charge is -2.22. The van der Waals surface area contributed by atoms with Crippen LogP contribution in [0.4, 0.5) is 13.2 Å². The highest BCUT2D eigenvalue weighted by molar-refractivity contribution is 5.75. The van der Waals surface area contributed by atoms with Crippen LogP contribution in [0.5, 0.6) is 0 Å². The van der Waals surface area contributed by atoms with E-state index in [4.69, 9.17) is 0 Å². The quantitative estimate of drug-likeness (QED) is 0.785.